The number of nitrogens with zero attached hydrogens (tertiary/aromatic N) is 1. The number of aliphatic hydroxyl groups excluding tert-OH is 1. The molecule has 0 spiro atoms. The molecule has 0 aliphatic carbocycles. The number of hydrogen-bond donors (Lipinski definition) is 2. The monoisotopic (exact) mass is 335 g/mol. The zero-order valence-electron chi connectivity index (χ0n) is 15.1. The van der Waals surface area contributed by atoms with Gasteiger partial charge in [0.25, 0.3) is 0 Å². The van der Waals surface area contributed by atoms with Crippen molar-refractivity contribution in [3.05, 3.63) is 35.4 Å². The van der Waals surface area contributed by atoms with Crippen molar-refractivity contribution < 1.29 is 19.8 Å². The Morgan fingerprint density at radius 3 is 2.17 bits per heavy atom. The molecule has 0 heterocycles. The van der Waals surface area contributed by atoms with E-state index >= 15 is 0 Å². The average molecular weight is 335 g/mol. The van der Waals surface area contributed by atoms with Crippen LogP contribution in [0.4, 0.5) is 4.79 Å². The molecule has 0 aliphatic heterocycles. The maximum atomic E-state index is 12.4. The van der Waals surface area contributed by atoms with Crippen LogP contribution in [-0.4, -0.2) is 33.7 Å². The molecule has 5 nitrogen and oxygen atoms in total. The third-order valence-electron chi connectivity index (χ3n) is 4.13. The van der Waals surface area contributed by atoms with Crippen molar-refractivity contribution in [2.24, 2.45) is 5.92 Å². The predicted octanol–water partition coefficient (Wildman–Crippen LogP) is 3.79. The molecule has 1 rings (SSSR count). The van der Waals surface area contributed by atoms with Crippen LogP contribution in [0.5, 0.6) is 0 Å². The van der Waals surface area contributed by atoms with Gasteiger partial charge in [0.05, 0.1) is 19.1 Å². The van der Waals surface area contributed by atoms with E-state index in [1.165, 1.54) is 0 Å². The lowest BCUT2D eigenvalue weighted by molar-refractivity contribution is -0.135. The maximum Gasteiger partial charge on any atom is 0.414 e. The van der Waals surface area contributed by atoms with E-state index in [0.717, 1.165) is 28.9 Å². The van der Waals surface area contributed by atoms with Gasteiger partial charge in [0.1, 0.15) is 0 Å². The van der Waals surface area contributed by atoms with E-state index in [1.807, 2.05) is 31.2 Å². The van der Waals surface area contributed by atoms with Gasteiger partial charge in [-0.2, -0.15) is 0 Å². The molecule has 0 fully saturated rings. The van der Waals surface area contributed by atoms with Gasteiger partial charge in [-0.3, -0.25) is 4.79 Å². The Morgan fingerprint density at radius 1 is 1.17 bits per heavy atom. The molecule has 1 aromatic rings. The fourth-order valence-electron chi connectivity index (χ4n) is 2.50. The predicted molar refractivity (Wildman–Crippen MR) is 93.8 cm³/mol. The van der Waals surface area contributed by atoms with Crippen molar-refractivity contribution in [2.45, 2.75) is 58.9 Å². The number of aliphatic hydroxyl groups is 1. The number of rotatable bonds is 7. The summed E-state index contributed by atoms with van der Waals surface area (Å²) in [4.78, 5) is 24.7. The van der Waals surface area contributed by atoms with Gasteiger partial charge < -0.3 is 10.2 Å². The van der Waals surface area contributed by atoms with Gasteiger partial charge in [-0.1, -0.05) is 64.8 Å². The Hall–Kier alpha value is -1.88. The molecule has 24 heavy (non-hydrogen) atoms. The first-order valence-electron chi connectivity index (χ1n) is 8.45. The molecule has 0 saturated heterocycles. The number of unbranched alkanes of at least 4 members (excludes halogenated alkanes) is 1. The quantitative estimate of drug-likeness (QED) is 0.794. The number of carbonyl (C=O) groups excluding carboxylic acids is 1. The van der Waals surface area contributed by atoms with Gasteiger partial charge in [0.2, 0.25) is 5.91 Å². The van der Waals surface area contributed by atoms with E-state index < -0.39 is 17.9 Å². The van der Waals surface area contributed by atoms with E-state index in [9.17, 15) is 19.8 Å². The van der Waals surface area contributed by atoms with Crippen LogP contribution < -0.4 is 0 Å². The van der Waals surface area contributed by atoms with Crippen LogP contribution in [0.25, 0.3) is 0 Å². The average Bonchev–Trinajstić information content (AvgIpc) is 2.52. The molecule has 0 aromatic heterocycles. The summed E-state index contributed by atoms with van der Waals surface area (Å²) >= 11 is 0. The van der Waals surface area contributed by atoms with Gasteiger partial charge in [0.15, 0.2) is 0 Å². The lowest BCUT2D eigenvalue weighted by atomic mass is 9.87. The summed E-state index contributed by atoms with van der Waals surface area (Å²) in [6.07, 6.45) is 0.892. The van der Waals surface area contributed by atoms with Crippen molar-refractivity contribution in [3.63, 3.8) is 0 Å². The van der Waals surface area contributed by atoms with Crippen molar-refractivity contribution in [3.8, 4) is 0 Å². The van der Waals surface area contributed by atoms with Gasteiger partial charge in [-0.05, 0) is 23.0 Å². The molecule has 1 aromatic carbocycles. The van der Waals surface area contributed by atoms with Crippen molar-refractivity contribution in [2.75, 3.05) is 6.61 Å². The van der Waals surface area contributed by atoms with E-state index in [2.05, 4.69) is 20.8 Å². The fraction of sp³-hybridized carbons (Fsp3) is 0.579. The van der Waals surface area contributed by atoms with E-state index in [4.69, 9.17) is 0 Å². The largest absolute Gasteiger partial charge is 0.465 e. The first kappa shape index (κ1) is 20.2. The van der Waals surface area contributed by atoms with Crippen LogP contribution in [0, 0.1) is 5.92 Å². The highest BCUT2D eigenvalue weighted by molar-refractivity contribution is 5.92. The van der Waals surface area contributed by atoms with Crippen LogP contribution in [0.15, 0.2) is 24.3 Å². The summed E-state index contributed by atoms with van der Waals surface area (Å²) in [5.74, 6) is -1.19. The van der Waals surface area contributed by atoms with Crippen molar-refractivity contribution >= 4 is 12.0 Å². The molecule has 0 aliphatic rings. The van der Waals surface area contributed by atoms with Crippen LogP contribution in [0.3, 0.4) is 0 Å². The highest BCUT2D eigenvalue weighted by Gasteiger charge is 2.28. The first-order valence-corrected chi connectivity index (χ1v) is 8.45. The van der Waals surface area contributed by atoms with Crippen LogP contribution >= 0.6 is 0 Å². The zero-order chi connectivity index (χ0) is 18.3. The minimum absolute atomic E-state index is 0.00120. The smallest absolute Gasteiger partial charge is 0.414 e. The van der Waals surface area contributed by atoms with Gasteiger partial charge in [-0.25, -0.2) is 9.69 Å². The second kappa shape index (κ2) is 8.83. The molecule has 0 bridgehead atoms. The Bertz CT molecular complexity index is 545. The van der Waals surface area contributed by atoms with E-state index in [1.54, 1.807) is 0 Å². The van der Waals surface area contributed by atoms with Crippen LogP contribution in [0.1, 0.15) is 58.1 Å². The molecular weight excluding hydrogens is 306 g/mol. The number of carboxylic acid groups (broad SMARTS) is 1. The van der Waals surface area contributed by atoms with Gasteiger partial charge in [-0.15, -0.1) is 0 Å². The minimum Gasteiger partial charge on any atom is -0.465 e. The second-order valence-corrected chi connectivity index (χ2v) is 7.18. The zero-order valence-corrected chi connectivity index (χ0v) is 15.1. The summed E-state index contributed by atoms with van der Waals surface area (Å²) in [5, 5.41) is 18.8. The third kappa shape index (κ3) is 5.64. The number of amides is 2. The van der Waals surface area contributed by atoms with Crippen LogP contribution in [0.2, 0.25) is 0 Å². The number of hydrogen-bond acceptors (Lipinski definition) is 3. The molecule has 134 valence electrons. The Balaban J connectivity index is 2.89. The Labute approximate surface area is 144 Å². The van der Waals surface area contributed by atoms with Crippen LogP contribution in [-0.2, 0) is 16.8 Å². The normalized spacial score (nSPS) is 12.7. The fourth-order valence-corrected chi connectivity index (χ4v) is 2.50. The third-order valence-corrected chi connectivity index (χ3v) is 4.13. The summed E-state index contributed by atoms with van der Waals surface area (Å²) in [7, 11) is 0. The molecule has 0 saturated carbocycles. The van der Waals surface area contributed by atoms with Gasteiger partial charge >= 0.3 is 6.09 Å². The number of imide groups is 1. The minimum atomic E-state index is -1.28. The second-order valence-electron chi connectivity index (χ2n) is 7.18. The number of benzene rings is 1. The van der Waals surface area contributed by atoms with Crippen molar-refractivity contribution in [1.82, 2.24) is 4.90 Å². The molecule has 2 amide bonds. The summed E-state index contributed by atoms with van der Waals surface area (Å²) in [6, 6.07) is 7.62. The van der Waals surface area contributed by atoms with E-state index in [0.29, 0.717) is 6.42 Å². The lowest BCUT2D eigenvalue weighted by Gasteiger charge is -2.23. The molecule has 5 heteroatoms. The summed E-state index contributed by atoms with van der Waals surface area (Å²) in [6.45, 7) is 7.98. The lowest BCUT2D eigenvalue weighted by Crippen LogP contribution is -2.40. The maximum absolute atomic E-state index is 12.4. The summed E-state index contributed by atoms with van der Waals surface area (Å²) < 4.78 is 0. The summed E-state index contributed by atoms with van der Waals surface area (Å²) in [5.41, 5.74) is 1.92. The first-order chi connectivity index (χ1) is 11.2. The topological polar surface area (TPSA) is 77.8 Å². The standard InChI is InChI=1S/C19H29NO4/c1-5-6-7-15(13-21)17(22)20(18(23)24)12-14-8-10-16(11-9-14)19(2,3)4/h8-11,15,21H,5-7,12-13H2,1-4H3,(H,23,24)/t15-/m1/s1. The SMILES string of the molecule is CCCC[C@H](CO)C(=O)N(Cc1ccc(C(C)(C)C)cc1)C(=O)O. The molecule has 0 radical (unpaired) electrons. The van der Waals surface area contributed by atoms with Crippen molar-refractivity contribution in [1.29, 1.82) is 0 Å². The molecule has 1 atom stereocenters. The Morgan fingerprint density at radius 2 is 1.75 bits per heavy atom. The highest BCUT2D eigenvalue weighted by atomic mass is 16.4. The highest BCUT2D eigenvalue weighted by Crippen LogP contribution is 2.23. The Kier molecular flexibility index (Phi) is 7.42. The molecular formula is C19H29NO4. The molecule has 2 N–H and O–H groups in total. The van der Waals surface area contributed by atoms with E-state index in [-0.39, 0.29) is 18.6 Å². The number of carbonyl (C=O) groups is 2. The molecule has 0 unspecified atom stereocenters. The van der Waals surface area contributed by atoms with Gasteiger partial charge in [0, 0.05) is 0 Å².